The maximum Gasteiger partial charge on any atom is 0.256 e. The van der Waals surface area contributed by atoms with Crippen LogP contribution in [0, 0.1) is 0 Å². The molecule has 5 heteroatoms. The van der Waals surface area contributed by atoms with Crippen molar-refractivity contribution in [1.29, 1.82) is 0 Å². The minimum absolute atomic E-state index is 1.13. The summed E-state index contributed by atoms with van der Waals surface area (Å²) in [5, 5.41) is 4.77. The summed E-state index contributed by atoms with van der Waals surface area (Å²) in [6.07, 6.45) is 2.18. The molecule has 0 heterocycles. The molecule has 0 aliphatic rings. The minimum atomic E-state index is -2.50. The molecule has 156 valence electrons. The molecule has 0 N–H and O–H groups in total. The van der Waals surface area contributed by atoms with E-state index in [0.29, 0.717) is 0 Å². The Bertz CT molecular complexity index is 1070. The Kier molecular flexibility index (Phi) is 7.10. The van der Waals surface area contributed by atoms with Gasteiger partial charge in [0.1, 0.15) is 10.6 Å². The van der Waals surface area contributed by atoms with Crippen molar-refractivity contribution in [3.8, 4) is 0 Å². The van der Waals surface area contributed by atoms with E-state index in [4.69, 9.17) is 9.04 Å². The van der Waals surface area contributed by atoms with Gasteiger partial charge < -0.3 is 4.52 Å². The largest absolute Gasteiger partial charge is 0.338 e. The number of rotatable bonds is 7. The van der Waals surface area contributed by atoms with Crippen LogP contribution in [-0.2, 0) is 4.52 Å². The molecule has 31 heavy (non-hydrogen) atoms. The summed E-state index contributed by atoms with van der Waals surface area (Å²) in [7, 11) is -0.689. The van der Waals surface area contributed by atoms with Gasteiger partial charge in [0.05, 0.1) is 11.4 Å². The second kappa shape index (κ2) is 9.98. The maximum absolute atomic E-state index is 6.47. The summed E-state index contributed by atoms with van der Waals surface area (Å²) >= 11 is 1.85. The van der Waals surface area contributed by atoms with Crippen molar-refractivity contribution in [3.05, 3.63) is 121 Å². The first kappa shape index (κ1) is 22.1. The van der Waals surface area contributed by atoms with E-state index >= 15 is 0 Å². The highest BCUT2D eigenvalue weighted by molar-refractivity contribution is 8.66. The predicted molar refractivity (Wildman–Crippen MR) is 141 cm³/mol. The first-order valence-corrected chi connectivity index (χ1v) is 15.3. The molecule has 0 aliphatic heterocycles. The van der Waals surface area contributed by atoms with Crippen LogP contribution in [0.25, 0.3) is 0 Å². The minimum Gasteiger partial charge on any atom is -0.338 e. The van der Waals surface area contributed by atoms with Crippen LogP contribution in [-0.4, -0.2) is 13.4 Å². The van der Waals surface area contributed by atoms with Gasteiger partial charge in [0.25, 0.3) is 6.62 Å². The normalized spacial score (nSPS) is 11.8. The van der Waals surface area contributed by atoms with Crippen molar-refractivity contribution in [2.45, 2.75) is 0 Å². The molecule has 4 aromatic carbocycles. The van der Waals surface area contributed by atoms with Crippen molar-refractivity contribution in [2.75, 3.05) is 13.4 Å². The molecule has 0 radical (unpaired) electrons. The monoisotopic (exact) mass is 462 g/mol. The molecule has 2 nitrogen and oxygen atoms in total. The molecule has 4 aromatic rings. The first-order valence-electron chi connectivity index (χ1n) is 10.1. The van der Waals surface area contributed by atoms with E-state index in [-0.39, 0.29) is 0 Å². The molecule has 0 saturated carbocycles. The standard InChI is InChI=1S/C26H26NOP2S/c1-28-29(23-15-7-3-8-16-23,24-17-9-4-10-18-24)27-30(31-2,25-19-11-5-12-20-25)26-21-13-6-14-22-26/h3-22H,1-2H3/q+1. The van der Waals surface area contributed by atoms with Crippen LogP contribution >= 0.6 is 25.3 Å². The lowest BCUT2D eigenvalue weighted by molar-refractivity contribution is 0.467. The zero-order chi connectivity index (χ0) is 21.6. The van der Waals surface area contributed by atoms with Gasteiger partial charge in [-0.25, -0.2) is 0 Å². The summed E-state index contributed by atoms with van der Waals surface area (Å²) in [5.41, 5.74) is 0. The average molecular weight is 463 g/mol. The van der Waals surface area contributed by atoms with Crippen molar-refractivity contribution < 1.29 is 4.52 Å². The van der Waals surface area contributed by atoms with Gasteiger partial charge in [-0.05, 0) is 24.3 Å². The van der Waals surface area contributed by atoms with Crippen molar-refractivity contribution in [2.24, 2.45) is 4.52 Å². The number of benzene rings is 4. The Hall–Kier alpha value is -2.15. The first-order chi connectivity index (χ1) is 15.2. The quantitative estimate of drug-likeness (QED) is 0.302. The van der Waals surface area contributed by atoms with Gasteiger partial charge in [0.2, 0.25) is 0 Å². The van der Waals surface area contributed by atoms with E-state index < -0.39 is 13.9 Å². The Balaban J connectivity index is 2.13. The van der Waals surface area contributed by atoms with Crippen molar-refractivity contribution >= 4 is 46.5 Å². The molecule has 0 bridgehead atoms. The molecular weight excluding hydrogens is 436 g/mol. The third-order valence-corrected chi connectivity index (χ3v) is 15.8. The zero-order valence-electron chi connectivity index (χ0n) is 17.7. The summed E-state index contributed by atoms with van der Waals surface area (Å²) in [6.45, 7) is -2.18. The Labute approximate surface area is 190 Å². The number of nitrogens with zero attached hydrogens (tertiary/aromatic N) is 1. The Morgan fingerprint density at radius 3 is 1.29 bits per heavy atom. The van der Waals surface area contributed by atoms with Crippen LogP contribution in [0.4, 0.5) is 0 Å². The molecule has 0 aromatic heterocycles. The summed E-state index contributed by atoms with van der Waals surface area (Å²) in [4.78, 5) is 0. The maximum atomic E-state index is 6.47. The highest BCUT2D eigenvalue weighted by Gasteiger charge is 2.47. The van der Waals surface area contributed by atoms with Gasteiger partial charge in [0, 0.05) is 24.0 Å². The summed E-state index contributed by atoms with van der Waals surface area (Å²) in [6, 6.07) is 42.4. The second-order valence-electron chi connectivity index (χ2n) is 6.95. The van der Waals surface area contributed by atoms with Gasteiger partial charge in [-0.2, -0.15) is 0 Å². The lowest BCUT2D eigenvalue weighted by Gasteiger charge is -2.27. The van der Waals surface area contributed by atoms with Gasteiger partial charge >= 0.3 is 0 Å². The summed E-state index contributed by atoms with van der Waals surface area (Å²) in [5.74, 6) is 0. The lowest BCUT2D eigenvalue weighted by Crippen LogP contribution is -2.22. The van der Waals surface area contributed by atoms with Gasteiger partial charge in [-0.3, -0.25) is 0 Å². The SMILES string of the molecule is COP(=N[P+](SC)(c1ccccc1)c1ccccc1)(c1ccccc1)c1ccccc1. The van der Waals surface area contributed by atoms with E-state index in [1.54, 1.807) is 0 Å². The van der Waals surface area contributed by atoms with Gasteiger partial charge in [-0.15, -0.1) is 0 Å². The second-order valence-corrected chi connectivity index (χ2v) is 15.4. The van der Waals surface area contributed by atoms with E-state index in [9.17, 15) is 0 Å². The van der Waals surface area contributed by atoms with Crippen LogP contribution in [0.15, 0.2) is 126 Å². The highest BCUT2D eigenvalue weighted by atomic mass is 32.7. The topological polar surface area (TPSA) is 21.6 Å². The van der Waals surface area contributed by atoms with E-state index in [1.807, 2.05) is 30.6 Å². The summed E-state index contributed by atoms with van der Waals surface area (Å²) < 4.78 is 12.3. The number of hydrogen-bond acceptors (Lipinski definition) is 3. The van der Waals surface area contributed by atoms with Crippen molar-refractivity contribution in [1.82, 2.24) is 0 Å². The van der Waals surface area contributed by atoms with Crippen LogP contribution in [0.2, 0.25) is 0 Å². The predicted octanol–water partition coefficient (Wildman–Crippen LogP) is 6.26. The van der Waals surface area contributed by atoms with Crippen LogP contribution in [0.1, 0.15) is 0 Å². The highest BCUT2D eigenvalue weighted by Crippen LogP contribution is 2.74. The molecular formula is C26H26NOP2S+. The number of hydrogen-bond donors (Lipinski definition) is 0. The molecule has 0 amide bonds. The fourth-order valence-electron chi connectivity index (χ4n) is 3.70. The molecule has 0 aliphatic carbocycles. The van der Waals surface area contributed by atoms with Crippen molar-refractivity contribution in [3.63, 3.8) is 0 Å². The molecule has 4 rings (SSSR count). The molecule has 0 atom stereocenters. The average Bonchev–Trinajstić information content (AvgIpc) is 2.87. The Morgan fingerprint density at radius 2 is 0.968 bits per heavy atom. The molecule has 0 fully saturated rings. The lowest BCUT2D eigenvalue weighted by atomic mass is 10.4. The van der Waals surface area contributed by atoms with Crippen LogP contribution in [0.5, 0.6) is 0 Å². The molecule has 0 unspecified atom stereocenters. The zero-order valence-corrected chi connectivity index (χ0v) is 20.3. The third-order valence-electron chi connectivity index (χ3n) is 5.21. The Morgan fingerprint density at radius 1 is 0.613 bits per heavy atom. The molecule has 0 saturated heterocycles. The molecule has 0 spiro atoms. The fourth-order valence-corrected chi connectivity index (χ4v) is 14.7. The van der Waals surface area contributed by atoms with E-state index in [2.05, 4.69) is 115 Å². The third kappa shape index (κ3) is 4.29. The van der Waals surface area contributed by atoms with E-state index in [1.165, 1.54) is 10.6 Å². The fraction of sp³-hybridized carbons (Fsp3) is 0.0769. The van der Waals surface area contributed by atoms with Crippen LogP contribution in [0.3, 0.4) is 0 Å². The van der Waals surface area contributed by atoms with Crippen LogP contribution < -0.4 is 21.2 Å². The van der Waals surface area contributed by atoms with E-state index in [0.717, 1.165) is 10.6 Å². The van der Waals surface area contributed by atoms with Gasteiger partial charge in [0.15, 0.2) is 7.28 Å². The smallest absolute Gasteiger partial charge is 0.256 e. The van der Waals surface area contributed by atoms with Gasteiger partial charge in [-0.1, -0.05) is 102 Å².